The molecule has 0 spiro atoms. The minimum Gasteiger partial charge on any atom is -0.494 e. The summed E-state index contributed by atoms with van der Waals surface area (Å²) >= 11 is 0.998. The van der Waals surface area contributed by atoms with Crippen LogP contribution in [-0.2, 0) is 19.6 Å². The first-order valence-electron chi connectivity index (χ1n) is 12.2. The second kappa shape index (κ2) is 12.9. The highest BCUT2D eigenvalue weighted by Crippen LogP contribution is 2.31. The number of ether oxygens (including phenoxy) is 1. The van der Waals surface area contributed by atoms with E-state index in [-0.39, 0.29) is 34.8 Å². The number of amidine groups is 1. The number of thioether (sulfide) groups is 1. The van der Waals surface area contributed by atoms with Gasteiger partial charge in [0.15, 0.2) is 5.17 Å². The predicted molar refractivity (Wildman–Crippen MR) is 144 cm³/mol. The number of sulfonamides is 1. The third-order valence-corrected chi connectivity index (χ3v) is 8.20. The summed E-state index contributed by atoms with van der Waals surface area (Å²) < 4.78 is 35.1. The largest absolute Gasteiger partial charge is 0.494 e. The maximum atomic E-state index is 12.8. The van der Waals surface area contributed by atoms with Gasteiger partial charge < -0.3 is 10.1 Å². The summed E-state index contributed by atoms with van der Waals surface area (Å²) in [6.45, 7) is 6.68. The second-order valence-electron chi connectivity index (χ2n) is 8.54. The Balaban J connectivity index is 1.59. The van der Waals surface area contributed by atoms with Crippen LogP contribution in [0.15, 0.2) is 57.8 Å². The van der Waals surface area contributed by atoms with Crippen LogP contribution in [0.5, 0.6) is 5.75 Å². The molecule has 1 atom stereocenters. The zero-order chi connectivity index (χ0) is 26.1. The number of amides is 2. The van der Waals surface area contributed by atoms with Crippen LogP contribution in [0.4, 0.5) is 5.69 Å². The van der Waals surface area contributed by atoms with E-state index < -0.39 is 15.3 Å². The lowest BCUT2D eigenvalue weighted by molar-refractivity contribution is -0.128. The number of hydrogen-bond acceptors (Lipinski definition) is 6. The van der Waals surface area contributed by atoms with E-state index in [1.165, 1.54) is 29.9 Å². The molecule has 1 fully saturated rings. The molecule has 1 aliphatic rings. The van der Waals surface area contributed by atoms with Crippen molar-refractivity contribution in [2.24, 2.45) is 4.40 Å². The fourth-order valence-corrected chi connectivity index (χ4v) is 6.02. The number of aryl methyl sites for hydroxylation is 1. The van der Waals surface area contributed by atoms with Crippen LogP contribution in [0.3, 0.4) is 0 Å². The Morgan fingerprint density at radius 2 is 1.75 bits per heavy atom. The smallest absolute Gasteiger partial charge is 0.284 e. The number of carbonyl (C=O) groups excluding carboxylic acids is 2. The van der Waals surface area contributed by atoms with Crippen LogP contribution >= 0.6 is 11.8 Å². The molecule has 1 N–H and O–H groups in total. The summed E-state index contributed by atoms with van der Waals surface area (Å²) in [5, 5.41) is 2.13. The number of hydrogen-bond donors (Lipinski definition) is 1. The monoisotopic (exact) mass is 531 g/mol. The van der Waals surface area contributed by atoms with E-state index in [4.69, 9.17) is 4.74 Å². The van der Waals surface area contributed by atoms with Crippen molar-refractivity contribution in [3.63, 3.8) is 0 Å². The number of anilines is 1. The molecule has 0 radical (unpaired) electrons. The number of rotatable bonds is 12. The molecule has 0 bridgehead atoms. The van der Waals surface area contributed by atoms with Crippen molar-refractivity contribution in [2.75, 3.05) is 18.5 Å². The molecule has 1 heterocycles. The zero-order valence-corrected chi connectivity index (χ0v) is 22.5. The molecule has 0 aromatic heterocycles. The summed E-state index contributed by atoms with van der Waals surface area (Å²) in [5.41, 5.74) is 1.52. The number of nitrogens with one attached hydrogen (secondary N) is 1. The van der Waals surface area contributed by atoms with Crippen molar-refractivity contribution in [1.82, 2.24) is 4.90 Å². The van der Waals surface area contributed by atoms with E-state index in [0.29, 0.717) is 12.3 Å². The Bertz CT molecular complexity index is 1180. The molecule has 0 aliphatic carbocycles. The Morgan fingerprint density at radius 1 is 1.06 bits per heavy atom. The maximum Gasteiger partial charge on any atom is 0.284 e. The normalized spacial score (nSPS) is 17.0. The van der Waals surface area contributed by atoms with E-state index in [1.807, 2.05) is 6.92 Å². The van der Waals surface area contributed by atoms with Crippen LogP contribution in [0.25, 0.3) is 0 Å². The fraction of sp³-hybridized carbons (Fsp3) is 0.423. The first-order valence-corrected chi connectivity index (χ1v) is 14.5. The van der Waals surface area contributed by atoms with Crippen LogP contribution < -0.4 is 10.1 Å². The molecule has 2 aromatic rings. The molecule has 8 nitrogen and oxygen atoms in total. The van der Waals surface area contributed by atoms with Gasteiger partial charge >= 0.3 is 0 Å². The average molecular weight is 532 g/mol. The fourth-order valence-electron chi connectivity index (χ4n) is 3.60. The second-order valence-corrected chi connectivity index (χ2v) is 11.3. The number of nitrogens with zero attached hydrogens (tertiary/aromatic N) is 2. The molecular weight excluding hydrogens is 498 g/mol. The van der Waals surface area contributed by atoms with Gasteiger partial charge in [-0.1, -0.05) is 55.6 Å². The standard InChI is InChI=1S/C26H33N3O5S2/c1-4-6-7-8-17-34-21-13-11-20(12-14-21)27-24(30)18-23-25(31)29(5-2)26(35-23)28-36(32,33)22-15-9-19(3)10-16-22/h9-16,23H,4-8,17-18H2,1-3H3,(H,27,30). The Hall–Kier alpha value is -2.85. The molecule has 2 aromatic carbocycles. The first-order chi connectivity index (χ1) is 17.2. The van der Waals surface area contributed by atoms with E-state index in [0.717, 1.165) is 35.9 Å². The van der Waals surface area contributed by atoms with Gasteiger partial charge in [-0.2, -0.15) is 8.42 Å². The Kier molecular flexibility index (Phi) is 9.95. The van der Waals surface area contributed by atoms with Gasteiger partial charge in [0.2, 0.25) is 11.8 Å². The van der Waals surface area contributed by atoms with Crippen molar-refractivity contribution < 1.29 is 22.7 Å². The molecule has 1 unspecified atom stereocenters. The van der Waals surface area contributed by atoms with Gasteiger partial charge in [0.1, 0.15) is 11.0 Å². The highest BCUT2D eigenvalue weighted by Gasteiger charge is 2.39. The zero-order valence-electron chi connectivity index (χ0n) is 20.9. The predicted octanol–water partition coefficient (Wildman–Crippen LogP) is 4.99. The number of unbranched alkanes of at least 4 members (excludes halogenated alkanes) is 3. The van der Waals surface area contributed by atoms with Crippen molar-refractivity contribution in [3.05, 3.63) is 54.1 Å². The van der Waals surface area contributed by atoms with Crippen LogP contribution in [0.2, 0.25) is 0 Å². The molecule has 2 amide bonds. The lowest BCUT2D eigenvalue weighted by atomic mass is 10.2. The van der Waals surface area contributed by atoms with E-state index in [9.17, 15) is 18.0 Å². The van der Waals surface area contributed by atoms with Crippen molar-refractivity contribution in [2.45, 2.75) is 63.0 Å². The molecule has 0 saturated carbocycles. The quantitative estimate of drug-likeness (QED) is 0.387. The third-order valence-electron chi connectivity index (χ3n) is 5.63. The molecule has 194 valence electrons. The van der Waals surface area contributed by atoms with Gasteiger partial charge in [-0.25, -0.2) is 0 Å². The lowest BCUT2D eigenvalue weighted by Gasteiger charge is -2.13. The van der Waals surface area contributed by atoms with Crippen molar-refractivity contribution in [1.29, 1.82) is 0 Å². The van der Waals surface area contributed by atoms with Gasteiger partial charge in [0, 0.05) is 18.7 Å². The summed E-state index contributed by atoms with van der Waals surface area (Å²) in [6.07, 6.45) is 4.42. The van der Waals surface area contributed by atoms with Gasteiger partial charge in [-0.15, -0.1) is 4.40 Å². The summed E-state index contributed by atoms with van der Waals surface area (Å²) in [5.74, 6) is 0.0651. The Morgan fingerprint density at radius 3 is 2.39 bits per heavy atom. The molecular formula is C26H33N3O5S2. The molecule has 36 heavy (non-hydrogen) atoms. The Labute approximate surface area is 217 Å². The van der Waals surface area contributed by atoms with Gasteiger partial charge in [0.05, 0.1) is 11.5 Å². The van der Waals surface area contributed by atoms with Crippen LogP contribution in [-0.4, -0.2) is 48.7 Å². The van der Waals surface area contributed by atoms with Gasteiger partial charge in [-0.3, -0.25) is 14.5 Å². The lowest BCUT2D eigenvalue weighted by Crippen LogP contribution is -2.33. The highest BCUT2D eigenvalue weighted by molar-refractivity contribution is 8.16. The molecule has 1 aliphatic heterocycles. The first kappa shape index (κ1) is 27.7. The van der Waals surface area contributed by atoms with E-state index in [2.05, 4.69) is 16.6 Å². The van der Waals surface area contributed by atoms with E-state index >= 15 is 0 Å². The minimum absolute atomic E-state index is 0.0549. The average Bonchev–Trinajstić information content (AvgIpc) is 3.13. The summed E-state index contributed by atoms with van der Waals surface area (Å²) in [6, 6.07) is 13.5. The summed E-state index contributed by atoms with van der Waals surface area (Å²) in [4.78, 5) is 26.8. The topological polar surface area (TPSA) is 105 Å². The van der Waals surface area contributed by atoms with Crippen LogP contribution in [0, 0.1) is 6.92 Å². The van der Waals surface area contributed by atoms with E-state index in [1.54, 1.807) is 43.3 Å². The molecule has 10 heteroatoms. The number of carbonyl (C=O) groups is 2. The van der Waals surface area contributed by atoms with Crippen molar-refractivity contribution in [3.8, 4) is 5.75 Å². The third kappa shape index (κ3) is 7.57. The maximum absolute atomic E-state index is 12.8. The van der Waals surface area contributed by atoms with Gasteiger partial charge in [-0.05, 0) is 56.7 Å². The summed E-state index contributed by atoms with van der Waals surface area (Å²) in [7, 11) is -3.98. The SMILES string of the molecule is CCCCCCOc1ccc(NC(=O)CC2SC(=NS(=O)(=O)c3ccc(C)cc3)N(CC)C2=O)cc1. The molecule has 1 saturated heterocycles. The minimum atomic E-state index is -3.98. The molecule has 3 rings (SSSR count). The van der Waals surface area contributed by atoms with Gasteiger partial charge in [0.25, 0.3) is 10.0 Å². The number of benzene rings is 2. The highest BCUT2D eigenvalue weighted by atomic mass is 32.2. The van der Waals surface area contributed by atoms with Crippen molar-refractivity contribution >= 4 is 44.5 Å². The van der Waals surface area contributed by atoms with Crippen LogP contribution in [0.1, 0.15) is 51.5 Å².